The van der Waals surface area contributed by atoms with Gasteiger partial charge < -0.3 is 10.6 Å². The van der Waals surface area contributed by atoms with Crippen molar-refractivity contribution in [2.45, 2.75) is 11.8 Å². The van der Waals surface area contributed by atoms with Crippen LogP contribution in [0.4, 0.5) is 32.6 Å². The number of sulfonamides is 1. The Morgan fingerprint density at radius 3 is 1.74 bits per heavy atom. The highest BCUT2D eigenvalue weighted by Gasteiger charge is 2.31. The van der Waals surface area contributed by atoms with Crippen molar-refractivity contribution < 1.29 is 18.0 Å². The maximum Gasteiger partial charge on any atom is 0.346 e. The molecule has 0 aliphatic heterocycles. The van der Waals surface area contributed by atoms with E-state index in [4.69, 9.17) is 0 Å². The van der Waals surface area contributed by atoms with Crippen molar-refractivity contribution in [2.75, 3.05) is 27.0 Å². The van der Waals surface area contributed by atoms with Crippen LogP contribution < -0.4 is 25.4 Å². The molecule has 3 N–H and O–H groups in total. The Morgan fingerprint density at radius 1 is 0.667 bits per heavy atom. The number of nitrogens with zero attached hydrogens (tertiary/aromatic N) is 4. The van der Waals surface area contributed by atoms with Crippen LogP contribution in [0.15, 0.2) is 114 Å². The molecule has 1 heterocycles. The minimum Gasteiger partial charge on any atom is -0.307 e. The number of anilines is 4. The van der Waals surface area contributed by atoms with Crippen LogP contribution in [0.3, 0.4) is 0 Å². The number of aryl methyl sites for hydroxylation is 1. The van der Waals surface area contributed by atoms with Gasteiger partial charge in [0, 0.05) is 18.4 Å². The summed E-state index contributed by atoms with van der Waals surface area (Å²) < 4.78 is 28.4. The molecule has 4 amide bonds. The smallest absolute Gasteiger partial charge is 0.307 e. The molecule has 0 saturated heterocycles. The van der Waals surface area contributed by atoms with Crippen molar-refractivity contribution in [3.05, 3.63) is 115 Å². The average molecular weight is 582 g/mol. The molecule has 0 saturated carbocycles. The summed E-state index contributed by atoms with van der Waals surface area (Å²) in [4.78, 5) is 36.0. The zero-order chi connectivity index (χ0) is 29.7. The lowest BCUT2D eigenvalue weighted by molar-refractivity contribution is 0.243. The Labute approximate surface area is 242 Å². The van der Waals surface area contributed by atoms with Gasteiger partial charge in [-0.05, 0) is 55.5 Å². The van der Waals surface area contributed by atoms with Crippen molar-refractivity contribution in [3.8, 4) is 0 Å². The summed E-state index contributed by atoms with van der Waals surface area (Å²) in [6, 6.07) is 28.8. The highest BCUT2D eigenvalue weighted by atomic mass is 32.2. The number of hydrogen-bond acceptors (Lipinski definition) is 6. The van der Waals surface area contributed by atoms with Crippen molar-refractivity contribution in [1.29, 1.82) is 0 Å². The summed E-state index contributed by atoms with van der Waals surface area (Å²) in [5.74, 6) is -0.402. The third-order valence-corrected chi connectivity index (χ3v) is 7.96. The summed E-state index contributed by atoms with van der Waals surface area (Å²) in [6.45, 7) is 1.85. The number of fused-ring (bicyclic) bond motifs is 1. The molecule has 5 rings (SSSR count). The number of rotatable bonds is 6. The third kappa shape index (κ3) is 6.13. The first-order chi connectivity index (χ1) is 20.2. The Morgan fingerprint density at radius 2 is 1.17 bits per heavy atom. The monoisotopic (exact) mass is 581 g/mol. The van der Waals surface area contributed by atoms with Gasteiger partial charge in [0.25, 0.3) is 10.0 Å². The highest BCUT2D eigenvalue weighted by Crippen LogP contribution is 2.31. The summed E-state index contributed by atoms with van der Waals surface area (Å²) >= 11 is 0. The lowest BCUT2D eigenvalue weighted by Gasteiger charge is -2.27. The van der Waals surface area contributed by atoms with Crippen LogP contribution in [-0.4, -0.2) is 37.5 Å². The number of hydrazine groups is 1. The van der Waals surface area contributed by atoms with Gasteiger partial charge in [0.1, 0.15) is 0 Å². The van der Waals surface area contributed by atoms with E-state index in [1.54, 1.807) is 97.1 Å². The molecular weight excluding hydrogens is 554 g/mol. The van der Waals surface area contributed by atoms with Crippen LogP contribution in [0, 0.1) is 6.92 Å². The maximum absolute atomic E-state index is 13.7. The fraction of sp³-hybridized carbons (Fsp3) is 0.0667. The van der Waals surface area contributed by atoms with Gasteiger partial charge in [-0.1, -0.05) is 66.2 Å². The Hall–Kier alpha value is -5.49. The molecule has 1 aromatic heterocycles. The quantitative estimate of drug-likeness (QED) is 0.225. The Balaban J connectivity index is 1.62. The van der Waals surface area contributed by atoms with Gasteiger partial charge in [-0.2, -0.15) is 5.01 Å². The Bertz CT molecular complexity index is 1840. The number of para-hydroxylation sites is 4. The van der Waals surface area contributed by atoms with E-state index in [9.17, 15) is 18.0 Å². The van der Waals surface area contributed by atoms with Gasteiger partial charge in [0.2, 0.25) is 5.82 Å². The van der Waals surface area contributed by atoms with E-state index in [-0.39, 0.29) is 16.5 Å². The topological polar surface area (TPSA) is 137 Å². The fourth-order valence-electron chi connectivity index (χ4n) is 4.01. The lowest BCUT2D eigenvalue weighted by atomic mass is 10.2. The number of aromatic nitrogens is 2. The van der Waals surface area contributed by atoms with Crippen LogP contribution in [0.25, 0.3) is 11.0 Å². The maximum atomic E-state index is 13.7. The molecule has 4 aromatic carbocycles. The molecular formula is C30H27N7O4S. The first kappa shape index (κ1) is 28.1. The number of nitrogens with one attached hydrogen (secondary N) is 3. The molecule has 0 bridgehead atoms. The SMILES string of the molecule is Cc1ccc(S(=O)(=O)N(C)c2nc3ccccc3nc2N(NC(=O)Nc2ccccc2)C(=O)Nc2ccccc2)cc1. The number of carbonyl (C=O) groups excluding carboxylic acids is 2. The number of benzene rings is 4. The van der Waals surface area contributed by atoms with Crippen molar-refractivity contribution in [1.82, 2.24) is 15.4 Å². The molecule has 0 atom stereocenters. The first-order valence-electron chi connectivity index (χ1n) is 12.8. The van der Waals surface area contributed by atoms with Gasteiger partial charge in [0.05, 0.1) is 15.9 Å². The molecule has 12 heteroatoms. The van der Waals surface area contributed by atoms with Crippen LogP contribution >= 0.6 is 0 Å². The van der Waals surface area contributed by atoms with Crippen LogP contribution in [0.5, 0.6) is 0 Å². The van der Waals surface area contributed by atoms with Gasteiger partial charge in [-0.25, -0.2) is 37.7 Å². The fourth-order valence-corrected chi connectivity index (χ4v) is 5.15. The molecule has 0 aliphatic rings. The molecule has 0 fully saturated rings. The van der Waals surface area contributed by atoms with E-state index in [0.29, 0.717) is 22.4 Å². The van der Waals surface area contributed by atoms with Crippen molar-refractivity contribution in [3.63, 3.8) is 0 Å². The predicted octanol–water partition coefficient (Wildman–Crippen LogP) is 5.54. The predicted molar refractivity (Wildman–Crippen MR) is 163 cm³/mol. The van der Waals surface area contributed by atoms with E-state index in [1.807, 2.05) is 6.92 Å². The second-order valence-electron chi connectivity index (χ2n) is 9.21. The van der Waals surface area contributed by atoms with Gasteiger partial charge >= 0.3 is 12.1 Å². The van der Waals surface area contributed by atoms with Crippen LogP contribution in [0.1, 0.15) is 5.56 Å². The molecule has 42 heavy (non-hydrogen) atoms. The molecule has 11 nitrogen and oxygen atoms in total. The standard InChI is InChI=1S/C30H27N7O4S/c1-21-17-19-24(20-18-21)42(40,41)36(2)27-28(34-26-16-10-9-15-25(26)33-27)37(30(39)32-23-13-7-4-8-14-23)35-29(38)31-22-11-5-3-6-12-22/h3-20H,1-2H3,(H,32,39)(H2,31,35,38). The number of amides is 4. The zero-order valence-corrected chi connectivity index (χ0v) is 23.5. The van der Waals surface area contributed by atoms with Gasteiger partial charge in [-0.3, -0.25) is 0 Å². The molecule has 5 aromatic rings. The van der Waals surface area contributed by atoms with Crippen LogP contribution in [-0.2, 0) is 10.0 Å². The third-order valence-electron chi connectivity index (χ3n) is 6.20. The Kier molecular flexibility index (Phi) is 7.98. The largest absolute Gasteiger partial charge is 0.346 e. The molecule has 0 radical (unpaired) electrons. The van der Waals surface area contributed by atoms with Crippen LogP contribution in [0.2, 0.25) is 0 Å². The number of carbonyl (C=O) groups is 2. The normalized spacial score (nSPS) is 11.0. The summed E-state index contributed by atoms with van der Waals surface area (Å²) in [7, 11) is -2.84. The van der Waals surface area contributed by atoms with E-state index >= 15 is 0 Å². The van der Waals surface area contributed by atoms with Gasteiger partial charge in [-0.15, -0.1) is 0 Å². The molecule has 212 valence electrons. The second-order valence-corrected chi connectivity index (χ2v) is 11.2. The van der Waals surface area contributed by atoms with Gasteiger partial charge in [0.15, 0.2) is 5.82 Å². The number of hydrogen-bond donors (Lipinski definition) is 3. The average Bonchev–Trinajstić information content (AvgIpc) is 3.00. The number of urea groups is 2. The highest BCUT2D eigenvalue weighted by molar-refractivity contribution is 7.92. The first-order valence-corrected chi connectivity index (χ1v) is 14.3. The van der Waals surface area contributed by atoms with E-state index in [2.05, 4.69) is 26.0 Å². The lowest BCUT2D eigenvalue weighted by Crippen LogP contribution is -2.51. The van der Waals surface area contributed by atoms with Crippen molar-refractivity contribution in [2.24, 2.45) is 0 Å². The minimum absolute atomic E-state index is 0.0200. The summed E-state index contributed by atoms with van der Waals surface area (Å²) in [6.07, 6.45) is 0. The van der Waals surface area contributed by atoms with E-state index in [0.717, 1.165) is 14.9 Å². The second kappa shape index (κ2) is 11.9. The van der Waals surface area contributed by atoms with E-state index in [1.165, 1.54) is 19.2 Å². The minimum atomic E-state index is -4.15. The van der Waals surface area contributed by atoms with Crippen molar-refractivity contribution >= 4 is 56.1 Å². The summed E-state index contributed by atoms with van der Waals surface area (Å²) in [5.41, 5.74) is 5.07. The molecule has 0 aliphatic carbocycles. The van der Waals surface area contributed by atoms with E-state index < -0.39 is 22.1 Å². The summed E-state index contributed by atoms with van der Waals surface area (Å²) in [5, 5.41) is 6.20. The molecule has 0 spiro atoms. The zero-order valence-electron chi connectivity index (χ0n) is 22.7. The molecule has 0 unspecified atom stereocenters.